The number of hydrogen-bond donors (Lipinski definition) is 2. The molecule has 132 valence electrons. The van der Waals surface area contributed by atoms with Gasteiger partial charge in [-0.15, -0.1) is 0 Å². The van der Waals surface area contributed by atoms with Crippen molar-refractivity contribution in [2.45, 2.75) is 25.9 Å². The van der Waals surface area contributed by atoms with Gasteiger partial charge in [0.2, 0.25) is 5.91 Å². The Morgan fingerprint density at radius 3 is 2.56 bits per heavy atom. The second-order valence-corrected chi connectivity index (χ2v) is 6.00. The Morgan fingerprint density at radius 2 is 1.80 bits per heavy atom. The molecule has 0 saturated heterocycles. The third kappa shape index (κ3) is 7.27. The third-order valence-electron chi connectivity index (χ3n) is 3.49. The monoisotopic (exact) mass is 361 g/mol. The zero-order chi connectivity index (χ0) is 18.1. The van der Waals surface area contributed by atoms with E-state index in [-0.39, 0.29) is 18.7 Å². The zero-order valence-corrected chi connectivity index (χ0v) is 14.5. The van der Waals surface area contributed by atoms with Crippen LogP contribution in [0, 0.1) is 0 Å². The van der Waals surface area contributed by atoms with Crippen molar-refractivity contribution < 1.29 is 19.4 Å². The van der Waals surface area contributed by atoms with Crippen LogP contribution >= 0.6 is 11.6 Å². The quantitative estimate of drug-likeness (QED) is 0.717. The van der Waals surface area contributed by atoms with Crippen molar-refractivity contribution in [2.24, 2.45) is 0 Å². The summed E-state index contributed by atoms with van der Waals surface area (Å²) in [5.41, 5.74) is 2.02. The second-order valence-electron chi connectivity index (χ2n) is 5.56. The van der Waals surface area contributed by atoms with Crippen molar-refractivity contribution in [3.63, 3.8) is 0 Å². The minimum atomic E-state index is -0.972. The Balaban J connectivity index is 1.78. The van der Waals surface area contributed by atoms with Gasteiger partial charge in [-0.3, -0.25) is 9.59 Å². The van der Waals surface area contributed by atoms with E-state index in [9.17, 15) is 9.59 Å². The summed E-state index contributed by atoms with van der Waals surface area (Å²) in [6, 6.07) is 15.2. The van der Waals surface area contributed by atoms with Crippen molar-refractivity contribution in [1.29, 1.82) is 0 Å². The van der Waals surface area contributed by atoms with Crippen LogP contribution in [0.2, 0.25) is 5.02 Å². The number of carboxylic acids is 1. The van der Waals surface area contributed by atoms with Gasteiger partial charge < -0.3 is 15.2 Å². The summed E-state index contributed by atoms with van der Waals surface area (Å²) in [5, 5.41) is 11.9. The molecular weight excluding hydrogens is 342 g/mol. The number of rotatable bonds is 9. The molecule has 0 aliphatic carbocycles. The number of amides is 1. The summed E-state index contributed by atoms with van der Waals surface area (Å²) in [4.78, 5) is 21.9. The fraction of sp³-hybridized carbons (Fsp3) is 0.263. The highest BCUT2D eigenvalue weighted by atomic mass is 35.5. The number of nitrogens with one attached hydrogen (secondary N) is 1. The van der Waals surface area contributed by atoms with E-state index in [0.717, 1.165) is 16.9 Å². The molecule has 2 aromatic carbocycles. The van der Waals surface area contributed by atoms with Crippen LogP contribution in [0.5, 0.6) is 5.75 Å². The smallest absolute Gasteiger partial charge is 0.303 e. The number of halogens is 1. The van der Waals surface area contributed by atoms with Crippen molar-refractivity contribution in [3.05, 3.63) is 64.7 Å². The van der Waals surface area contributed by atoms with Crippen LogP contribution in [0.4, 0.5) is 0 Å². The van der Waals surface area contributed by atoms with E-state index in [2.05, 4.69) is 5.32 Å². The summed E-state index contributed by atoms with van der Waals surface area (Å²) >= 11 is 5.95. The Labute approximate surface area is 151 Å². The van der Waals surface area contributed by atoms with Crippen molar-refractivity contribution in [1.82, 2.24) is 5.32 Å². The van der Waals surface area contributed by atoms with Gasteiger partial charge in [0.15, 0.2) is 0 Å². The maximum Gasteiger partial charge on any atom is 0.303 e. The lowest BCUT2D eigenvalue weighted by Gasteiger charge is -2.09. The van der Waals surface area contributed by atoms with Gasteiger partial charge >= 0.3 is 5.97 Å². The molecule has 5 nitrogen and oxygen atoms in total. The van der Waals surface area contributed by atoms with E-state index in [1.165, 1.54) is 0 Å². The molecule has 2 aromatic rings. The fourth-order valence-corrected chi connectivity index (χ4v) is 2.45. The van der Waals surface area contributed by atoms with Gasteiger partial charge in [-0.2, -0.15) is 0 Å². The molecule has 6 heteroatoms. The number of benzene rings is 2. The Bertz CT molecular complexity index is 733. The van der Waals surface area contributed by atoms with Gasteiger partial charge in [-0.05, 0) is 41.8 Å². The average Bonchev–Trinajstić information content (AvgIpc) is 2.59. The van der Waals surface area contributed by atoms with Crippen LogP contribution in [0.25, 0.3) is 0 Å². The van der Waals surface area contributed by atoms with E-state index in [4.69, 9.17) is 21.4 Å². The number of hydrogen-bond acceptors (Lipinski definition) is 3. The average molecular weight is 362 g/mol. The predicted octanol–water partition coefficient (Wildman–Crippen LogP) is 3.44. The van der Waals surface area contributed by atoms with Crippen LogP contribution in [0.3, 0.4) is 0 Å². The molecule has 0 bridgehead atoms. The SMILES string of the molecule is O=C(O)CCC(=O)NCCc1cccc(OCc2cccc(Cl)c2)c1. The van der Waals surface area contributed by atoms with Crippen LogP contribution in [-0.4, -0.2) is 23.5 Å². The van der Waals surface area contributed by atoms with Crippen LogP contribution < -0.4 is 10.1 Å². The van der Waals surface area contributed by atoms with Gasteiger partial charge in [0.05, 0.1) is 6.42 Å². The van der Waals surface area contributed by atoms with Gasteiger partial charge in [-0.1, -0.05) is 35.9 Å². The Kier molecular flexibility index (Phi) is 7.29. The molecule has 0 fully saturated rings. The molecule has 0 saturated carbocycles. The summed E-state index contributed by atoms with van der Waals surface area (Å²) < 4.78 is 5.77. The minimum absolute atomic E-state index is 0.00187. The molecule has 0 spiro atoms. The molecule has 0 aromatic heterocycles. The lowest BCUT2D eigenvalue weighted by Crippen LogP contribution is -2.26. The normalized spacial score (nSPS) is 10.3. The van der Waals surface area contributed by atoms with Gasteiger partial charge in [0.1, 0.15) is 12.4 Å². The number of ether oxygens (including phenoxy) is 1. The molecule has 25 heavy (non-hydrogen) atoms. The maximum absolute atomic E-state index is 11.5. The van der Waals surface area contributed by atoms with Gasteiger partial charge in [0.25, 0.3) is 0 Å². The zero-order valence-electron chi connectivity index (χ0n) is 13.7. The Hall–Kier alpha value is -2.53. The molecule has 0 aliphatic rings. The van der Waals surface area contributed by atoms with E-state index in [0.29, 0.717) is 24.6 Å². The highest BCUT2D eigenvalue weighted by Gasteiger charge is 2.05. The number of carbonyl (C=O) groups is 2. The first-order valence-corrected chi connectivity index (χ1v) is 8.35. The van der Waals surface area contributed by atoms with E-state index in [1.54, 1.807) is 0 Å². The van der Waals surface area contributed by atoms with Crippen LogP contribution in [0.1, 0.15) is 24.0 Å². The highest BCUT2D eigenvalue weighted by molar-refractivity contribution is 6.30. The molecule has 2 N–H and O–H groups in total. The number of carboxylic acid groups (broad SMARTS) is 1. The number of aliphatic carboxylic acids is 1. The largest absolute Gasteiger partial charge is 0.489 e. The lowest BCUT2D eigenvalue weighted by atomic mass is 10.1. The van der Waals surface area contributed by atoms with E-state index >= 15 is 0 Å². The topological polar surface area (TPSA) is 75.6 Å². The summed E-state index contributed by atoms with van der Waals surface area (Å²) in [7, 11) is 0. The minimum Gasteiger partial charge on any atom is -0.489 e. The van der Waals surface area contributed by atoms with Crippen LogP contribution in [-0.2, 0) is 22.6 Å². The molecule has 0 heterocycles. The molecule has 0 radical (unpaired) electrons. The summed E-state index contributed by atoms with van der Waals surface area (Å²) in [6.45, 7) is 0.881. The third-order valence-corrected chi connectivity index (χ3v) is 3.73. The van der Waals surface area contributed by atoms with E-state index < -0.39 is 5.97 Å². The predicted molar refractivity (Wildman–Crippen MR) is 95.8 cm³/mol. The standard InChI is InChI=1S/C19H20ClNO4/c20-16-5-1-4-15(11-16)13-25-17-6-2-3-14(12-17)9-10-21-18(22)7-8-19(23)24/h1-6,11-12H,7-10,13H2,(H,21,22)(H,23,24). The molecule has 0 atom stereocenters. The van der Waals surface area contributed by atoms with Crippen LogP contribution in [0.15, 0.2) is 48.5 Å². The van der Waals surface area contributed by atoms with Crippen molar-refractivity contribution >= 4 is 23.5 Å². The molecule has 1 amide bonds. The fourth-order valence-electron chi connectivity index (χ4n) is 2.24. The molecule has 2 rings (SSSR count). The number of carbonyl (C=O) groups excluding carboxylic acids is 1. The summed E-state index contributed by atoms with van der Waals surface area (Å²) in [6.07, 6.45) is 0.490. The first-order chi connectivity index (χ1) is 12.0. The van der Waals surface area contributed by atoms with Gasteiger partial charge in [-0.25, -0.2) is 0 Å². The molecule has 0 aliphatic heterocycles. The first-order valence-electron chi connectivity index (χ1n) is 7.97. The highest BCUT2D eigenvalue weighted by Crippen LogP contribution is 2.17. The maximum atomic E-state index is 11.5. The second kappa shape index (κ2) is 9.69. The van der Waals surface area contributed by atoms with Gasteiger partial charge in [0, 0.05) is 18.0 Å². The van der Waals surface area contributed by atoms with E-state index in [1.807, 2.05) is 48.5 Å². The summed E-state index contributed by atoms with van der Waals surface area (Å²) in [5.74, 6) is -0.481. The van der Waals surface area contributed by atoms with Crippen molar-refractivity contribution in [3.8, 4) is 5.75 Å². The van der Waals surface area contributed by atoms with Crippen molar-refractivity contribution in [2.75, 3.05) is 6.54 Å². The lowest BCUT2D eigenvalue weighted by molar-refractivity contribution is -0.138. The Morgan fingerprint density at radius 1 is 1.04 bits per heavy atom. The molecular formula is C19H20ClNO4. The first kappa shape index (κ1) is 18.8. The molecule has 0 unspecified atom stereocenters.